The van der Waals surface area contributed by atoms with Crippen LogP contribution in [0.4, 0.5) is 0 Å². The zero-order valence-corrected chi connectivity index (χ0v) is 11.3. The summed E-state index contributed by atoms with van der Waals surface area (Å²) in [5.74, 6) is 0. The van der Waals surface area contributed by atoms with Crippen LogP contribution in [0.1, 0.15) is 35.4 Å². The molecule has 0 spiro atoms. The number of pyridine rings is 1. The quantitative estimate of drug-likeness (QED) is 0.710. The van der Waals surface area contributed by atoms with Crippen molar-refractivity contribution < 1.29 is 0 Å². The third-order valence-electron chi connectivity index (χ3n) is 3.16. The minimum absolute atomic E-state index is 1.13. The standard InChI is InChI=1S/C17H21N/c1-14-12-17(13-15(2)18-14)11-7-6-10-16-8-4-3-5-9-16/h3-5,8-9,12-13H,6-7,10-11H2,1-2H3. The van der Waals surface area contributed by atoms with Crippen LogP contribution in [0.3, 0.4) is 0 Å². The predicted molar refractivity (Wildman–Crippen MR) is 76.8 cm³/mol. The van der Waals surface area contributed by atoms with Crippen LogP contribution in [0.25, 0.3) is 0 Å². The van der Waals surface area contributed by atoms with Crippen LogP contribution < -0.4 is 0 Å². The molecule has 2 rings (SSSR count). The first-order valence-electron chi connectivity index (χ1n) is 6.72. The third-order valence-corrected chi connectivity index (χ3v) is 3.16. The Morgan fingerprint density at radius 3 is 1.94 bits per heavy atom. The van der Waals surface area contributed by atoms with Crippen molar-refractivity contribution >= 4 is 0 Å². The van der Waals surface area contributed by atoms with Gasteiger partial charge < -0.3 is 0 Å². The molecule has 2 aromatic rings. The van der Waals surface area contributed by atoms with E-state index in [2.05, 4.69) is 61.3 Å². The zero-order valence-electron chi connectivity index (χ0n) is 11.3. The summed E-state index contributed by atoms with van der Waals surface area (Å²) < 4.78 is 0. The van der Waals surface area contributed by atoms with Gasteiger partial charge in [0.15, 0.2) is 0 Å². The average molecular weight is 239 g/mol. The number of unbranched alkanes of at least 4 members (excludes halogenated alkanes) is 1. The van der Waals surface area contributed by atoms with Crippen molar-refractivity contribution in [1.29, 1.82) is 0 Å². The Kier molecular flexibility index (Phi) is 4.52. The smallest absolute Gasteiger partial charge is 0.0378 e. The number of hydrogen-bond donors (Lipinski definition) is 0. The molecule has 18 heavy (non-hydrogen) atoms. The first-order valence-corrected chi connectivity index (χ1v) is 6.72. The Balaban J connectivity index is 1.78. The highest BCUT2D eigenvalue weighted by atomic mass is 14.7. The second-order valence-corrected chi connectivity index (χ2v) is 4.95. The minimum atomic E-state index is 1.13. The highest BCUT2D eigenvalue weighted by molar-refractivity contribution is 5.20. The highest BCUT2D eigenvalue weighted by Gasteiger charge is 1.98. The lowest BCUT2D eigenvalue weighted by Crippen LogP contribution is -1.93. The fraction of sp³-hybridized carbons (Fsp3) is 0.353. The van der Waals surface area contributed by atoms with E-state index in [9.17, 15) is 0 Å². The molecule has 0 amide bonds. The minimum Gasteiger partial charge on any atom is -0.258 e. The lowest BCUT2D eigenvalue weighted by molar-refractivity contribution is 0.732. The molecule has 0 fully saturated rings. The van der Waals surface area contributed by atoms with Gasteiger partial charge in [0.05, 0.1) is 0 Å². The summed E-state index contributed by atoms with van der Waals surface area (Å²) in [6.45, 7) is 4.14. The van der Waals surface area contributed by atoms with E-state index >= 15 is 0 Å². The van der Waals surface area contributed by atoms with Gasteiger partial charge in [0, 0.05) is 11.4 Å². The van der Waals surface area contributed by atoms with E-state index in [4.69, 9.17) is 0 Å². The van der Waals surface area contributed by atoms with Gasteiger partial charge in [-0.25, -0.2) is 0 Å². The summed E-state index contributed by atoms with van der Waals surface area (Å²) in [5.41, 5.74) is 5.13. The molecule has 0 atom stereocenters. The maximum Gasteiger partial charge on any atom is 0.0378 e. The molecule has 1 heteroatoms. The van der Waals surface area contributed by atoms with E-state index in [-0.39, 0.29) is 0 Å². The molecule has 0 saturated carbocycles. The maximum absolute atomic E-state index is 4.41. The normalized spacial score (nSPS) is 10.6. The lowest BCUT2D eigenvalue weighted by Gasteiger charge is -2.05. The summed E-state index contributed by atoms with van der Waals surface area (Å²) in [6.07, 6.45) is 4.85. The Morgan fingerprint density at radius 1 is 0.778 bits per heavy atom. The van der Waals surface area contributed by atoms with E-state index in [0.717, 1.165) is 17.8 Å². The molecule has 1 aromatic carbocycles. The first-order chi connectivity index (χ1) is 8.74. The van der Waals surface area contributed by atoms with Gasteiger partial charge in [-0.15, -0.1) is 0 Å². The number of benzene rings is 1. The summed E-state index contributed by atoms with van der Waals surface area (Å²) in [4.78, 5) is 4.41. The molecular formula is C17H21N. The topological polar surface area (TPSA) is 12.9 Å². The van der Waals surface area contributed by atoms with Gasteiger partial charge in [0.25, 0.3) is 0 Å². The number of rotatable bonds is 5. The largest absolute Gasteiger partial charge is 0.258 e. The molecule has 0 aliphatic carbocycles. The fourth-order valence-electron chi connectivity index (χ4n) is 2.37. The van der Waals surface area contributed by atoms with Gasteiger partial charge >= 0.3 is 0 Å². The zero-order chi connectivity index (χ0) is 12.8. The van der Waals surface area contributed by atoms with Crippen LogP contribution in [-0.4, -0.2) is 4.98 Å². The summed E-state index contributed by atoms with van der Waals surface area (Å²) >= 11 is 0. The molecule has 0 aliphatic rings. The molecule has 0 N–H and O–H groups in total. The second kappa shape index (κ2) is 6.34. The molecule has 0 aliphatic heterocycles. The van der Waals surface area contributed by atoms with Crippen molar-refractivity contribution in [3.63, 3.8) is 0 Å². The number of hydrogen-bond acceptors (Lipinski definition) is 1. The van der Waals surface area contributed by atoms with E-state index in [0.29, 0.717) is 0 Å². The van der Waals surface area contributed by atoms with E-state index < -0.39 is 0 Å². The predicted octanol–water partition coefficient (Wildman–Crippen LogP) is 4.26. The third kappa shape index (κ3) is 3.99. The van der Waals surface area contributed by atoms with Crippen LogP contribution in [0.5, 0.6) is 0 Å². The second-order valence-electron chi connectivity index (χ2n) is 4.95. The van der Waals surface area contributed by atoms with E-state index in [1.807, 2.05) is 0 Å². The molecule has 0 unspecified atom stereocenters. The van der Waals surface area contributed by atoms with E-state index in [1.54, 1.807) is 0 Å². The van der Waals surface area contributed by atoms with Crippen LogP contribution in [-0.2, 0) is 12.8 Å². The first kappa shape index (κ1) is 12.8. The maximum atomic E-state index is 4.41. The molecular weight excluding hydrogens is 218 g/mol. The van der Waals surface area contributed by atoms with Gasteiger partial charge in [-0.3, -0.25) is 4.98 Å². The van der Waals surface area contributed by atoms with Crippen molar-refractivity contribution in [3.8, 4) is 0 Å². The van der Waals surface area contributed by atoms with Gasteiger partial charge in [0.2, 0.25) is 0 Å². The van der Waals surface area contributed by atoms with E-state index in [1.165, 1.54) is 30.4 Å². The van der Waals surface area contributed by atoms with Crippen molar-refractivity contribution in [2.45, 2.75) is 39.5 Å². The number of aryl methyl sites for hydroxylation is 4. The van der Waals surface area contributed by atoms with Crippen LogP contribution in [0.2, 0.25) is 0 Å². The SMILES string of the molecule is Cc1cc(CCCCc2ccccc2)cc(C)n1. The fourth-order valence-corrected chi connectivity index (χ4v) is 2.37. The average Bonchev–Trinajstić information content (AvgIpc) is 2.35. The van der Waals surface area contributed by atoms with Crippen LogP contribution in [0, 0.1) is 13.8 Å². The van der Waals surface area contributed by atoms with Crippen molar-refractivity contribution in [2.75, 3.05) is 0 Å². The Bertz CT molecular complexity index is 468. The van der Waals surface area contributed by atoms with Gasteiger partial charge in [-0.1, -0.05) is 30.3 Å². The molecule has 0 saturated heterocycles. The monoisotopic (exact) mass is 239 g/mol. The Morgan fingerprint density at radius 2 is 1.33 bits per heavy atom. The summed E-state index contributed by atoms with van der Waals surface area (Å²) in [7, 11) is 0. The summed E-state index contributed by atoms with van der Waals surface area (Å²) in [5, 5.41) is 0. The molecule has 1 nitrogen and oxygen atoms in total. The Hall–Kier alpha value is -1.63. The Labute approximate surface area is 110 Å². The van der Waals surface area contributed by atoms with Gasteiger partial charge in [-0.2, -0.15) is 0 Å². The molecule has 1 heterocycles. The lowest BCUT2D eigenvalue weighted by atomic mass is 10.0. The molecule has 94 valence electrons. The van der Waals surface area contributed by atoms with Crippen molar-refractivity contribution in [1.82, 2.24) is 4.98 Å². The molecule has 0 radical (unpaired) electrons. The van der Waals surface area contributed by atoms with Gasteiger partial charge in [0.1, 0.15) is 0 Å². The molecule has 0 bridgehead atoms. The highest BCUT2D eigenvalue weighted by Crippen LogP contribution is 2.11. The van der Waals surface area contributed by atoms with Gasteiger partial charge in [-0.05, 0) is 62.8 Å². The van der Waals surface area contributed by atoms with Crippen LogP contribution >= 0.6 is 0 Å². The van der Waals surface area contributed by atoms with Crippen LogP contribution in [0.15, 0.2) is 42.5 Å². The molecule has 1 aromatic heterocycles. The summed E-state index contributed by atoms with van der Waals surface area (Å²) in [6, 6.07) is 15.1. The van der Waals surface area contributed by atoms with Crippen molar-refractivity contribution in [3.05, 3.63) is 65.0 Å². The number of nitrogens with zero attached hydrogens (tertiary/aromatic N) is 1. The number of aromatic nitrogens is 1. The van der Waals surface area contributed by atoms with Crippen molar-refractivity contribution in [2.24, 2.45) is 0 Å².